The van der Waals surface area contributed by atoms with Crippen LogP contribution in [-0.2, 0) is 6.42 Å². The van der Waals surface area contributed by atoms with Crippen molar-refractivity contribution in [1.82, 2.24) is 0 Å². The lowest BCUT2D eigenvalue weighted by Gasteiger charge is -2.12. The Hall–Kier alpha value is -2.69. The molecule has 0 atom stereocenters. The van der Waals surface area contributed by atoms with E-state index < -0.39 is 0 Å². The Morgan fingerprint density at radius 2 is 1.81 bits per heavy atom. The van der Waals surface area contributed by atoms with Gasteiger partial charge in [0.2, 0.25) is 6.79 Å². The fourth-order valence-corrected chi connectivity index (χ4v) is 2.81. The molecule has 0 unspecified atom stereocenters. The minimum Gasteiger partial charge on any atom is -0.494 e. The topological polar surface area (TPSA) is 56.8 Å². The van der Waals surface area contributed by atoms with Crippen molar-refractivity contribution in [1.29, 1.82) is 0 Å². The van der Waals surface area contributed by atoms with Crippen molar-refractivity contribution in [2.45, 2.75) is 39.5 Å². The van der Waals surface area contributed by atoms with E-state index in [1.165, 1.54) is 0 Å². The van der Waals surface area contributed by atoms with Crippen molar-refractivity contribution in [3.8, 4) is 17.2 Å². The summed E-state index contributed by atoms with van der Waals surface area (Å²) >= 11 is 0. The van der Waals surface area contributed by atoms with Gasteiger partial charge in [0.25, 0.3) is 5.91 Å². The van der Waals surface area contributed by atoms with Crippen molar-refractivity contribution in [3.63, 3.8) is 0 Å². The molecule has 138 valence electrons. The summed E-state index contributed by atoms with van der Waals surface area (Å²) in [5.41, 5.74) is 2.40. The molecular weight excluding hydrogens is 330 g/mol. The SMILES string of the molecule is CCCCOc1ccc(C(=O)Nc2cc3c(cc2CCC)OCO3)cc1. The molecule has 0 radical (unpaired) electrons. The van der Waals surface area contributed by atoms with Crippen LogP contribution in [0, 0.1) is 0 Å². The quantitative estimate of drug-likeness (QED) is 0.691. The number of carbonyl (C=O) groups excluding carboxylic acids is 1. The highest BCUT2D eigenvalue weighted by Gasteiger charge is 2.18. The number of benzene rings is 2. The standard InChI is InChI=1S/C21H25NO4/c1-3-5-11-24-17-9-7-15(8-10-17)21(23)22-18-13-20-19(25-14-26-20)12-16(18)6-4-2/h7-10,12-13H,3-6,11,14H2,1-2H3,(H,22,23). The van der Waals surface area contributed by atoms with Gasteiger partial charge in [-0.05, 0) is 48.7 Å². The van der Waals surface area contributed by atoms with E-state index in [-0.39, 0.29) is 12.7 Å². The minimum atomic E-state index is -0.152. The number of unbranched alkanes of at least 4 members (excludes halogenated alkanes) is 1. The molecule has 1 N–H and O–H groups in total. The van der Waals surface area contributed by atoms with Crippen LogP contribution in [0.1, 0.15) is 49.0 Å². The predicted molar refractivity (Wildman–Crippen MR) is 101 cm³/mol. The van der Waals surface area contributed by atoms with E-state index in [1.807, 2.05) is 24.3 Å². The second kappa shape index (κ2) is 8.61. The number of fused-ring (bicyclic) bond motifs is 1. The van der Waals surface area contributed by atoms with E-state index in [4.69, 9.17) is 14.2 Å². The minimum absolute atomic E-state index is 0.152. The van der Waals surface area contributed by atoms with Crippen molar-refractivity contribution in [2.24, 2.45) is 0 Å². The van der Waals surface area contributed by atoms with E-state index in [0.717, 1.165) is 48.4 Å². The number of aryl methyl sites for hydroxylation is 1. The van der Waals surface area contributed by atoms with Gasteiger partial charge in [-0.3, -0.25) is 4.79 Å². The van der Waals surface area contributed by atoms with Crippen LogP contribution >= 0.6 is 0 Å². The molecule has 26 heavy (non-hydrogen) atoms. The zero-order valence-electron chi connectivity index (χ0n) is 15.3. The summed E-state index contributed by atoms with van der Waals surface area (Å²) in [4.78, 5) is 12.6. The number of ether oxygens (including phenoxy) is 3. The highest BCUT2D eigenvalue weighted by Crippen LogP contribution is 2.37. The summed E-state index contributed by atoms with van der Waals surface area (Å²) in [6.45, 7) is 5.14. The molecule has 5 heteroatoms. The summed E-state index contributed by atoms with van der Waals surface area (Å²) in [7, 11) is 0. The molecule has 1 aliphatic heterocycles. The maximum absolute atomic E-state index is 12.6. The lowest BCUT2D eigenvalue weighted by molar-refractivity contribution is 0.102. The maximum atomic E-state index is 12.6. The Kier molecular flexibility index (Phi) is 6.00. The molecule has 0 spiro atoms. The van der Waals surface area contributed by atoms with E-state index >= 15 is 0 Å². The third kappa shape index (κ3) is 4.28. The van der Waals surface area contributed by atoms with Crippen LogP contribution in [0.15, 0.2) is 36.4 Å². The first-order valence-corrected chi connectivity index (χ1v) is 9.18. The molecular formula is C21H25NO4. The van der Waals surface area contributed by atoms with E-state index in [1.54, 1.807) is 12.1 Å². The second-order valence-corrected chi connectivity index (χ2v) is 6.29. The number of nitrogens with one attached hydrogen (secondary N) is 1. The molecule has 5 nitrogen and oxygen atoms in total. The summed E-state index contributed by atoms with van der Waals surface area (Å²) in [5.74, 6) is 2.03. The van der Waals surface area contributed by atoms with Crippen LogP contribution < -0.4 is 19.5 Å². The Bertz CT molecular complexity index is 755. The number of carbonyl (C=O) groups is 1. The third-order valence-corrected chi connectivity index (χ3v) is 4.25. The third-order valence-electron chi connectivity index (χ3n) is 4.25. The molecule has 1 heterocycles. The van der Waals surface area contributed by atoms with E-state index in [0.29, 0.717) is 17.9 Å². The van der Waals surface area contributed by atoms with Gasteiger partial charge in [-0.2, -0.15) is 0 Å². The second-order valence-electron chi connectivity index (χ2n) is 6.29. The summed E-state index contributed by atoms with van der Waals surface area (Å²) in [5, 5.41) is 3.00. The largest absolute Gasteiger partial charge is 0.494 e. The maximum Gasteiger partial charge on any atom is 0.255 e. The molecule has 0 saturated carbocycles. The molecule has 0 aromatic heterocycles. The predicted octanol–water partition coefficient (Wildman–Crippen LogP) is 4.80. The lowest BCUT2D eigenvalue weighted by atomic mass is 10.1. The molecule has 0 bridgehead atoms. The zero-order chi connectivity index (χ0) is 18.4. The summed E-state index contributed by atoms with van der Waals surface area (Å²) in [6, 6.07) is 11.0. The molecule has 0 aliphatic carbocycles. The fraction of sp³-hybridized carbons (Fsp3) is 0.381. The van der Waals surface area contributed by atoms with Gasteiger partial charge < -0.3 is 19.5 Å². The fourth-order valence-electron chi connectivity index (χ4n) is 2.81. The van der Waals surface area contributed by atoms with E-state index in [2.05, 4.69) is 19.2 Å². The van der Waals surface area contributed by atoms with Gasteiger partial charge in [-0.25, -0.2) is 0 Å². The summed E-state index contributed by atoms with van der Waals surface area (Å²) in [6.07, 6.45) is 3.95. The molecule has 3 rings (SSSR count). The number of rotatable bonds is 8. The van der Waals surface area contributed by atoms with Crippen LogP contribution in [0.5, 0.6) is 17.2 Å². The molecule has 2 aromatic carbocycles. The van der Waals surface area contributed by atoms with Crippen LogP contribution in [0.4, 0.5) is 5.69 Å². The van der Waals surface area contributed by atoms with Crippen molar-refractivity contribution < 1.29 is 19.0 Å². The first-order valence-electron chi connectivity index (χ1n) is 9.18. The highest BCUT2D eigenvalue weighted by atomic mass is 16.7. The van der Waals surface area contributed by atoms with Gasteiger partial charge in [0.05, 0.1) is 6.61 Å². The van der Waals surface area contributed by atoms with Crippen LogP contribution in [0.2, 0.25) is 0 Å². The highest BCUT2D eigenvalue weighted by molar-refractivity contribution is 6.04. The Labute approximate surface area is 154 Å². The van der Waals surface area contributed by atoms with Gasteiger partial charge in [0.1, 0.15) is 5.75 Å². The van der Waals surface area contributed by atoms with Crippen LogP contribution in [0.25, 0.3) is 0 Å². The smallest absolute Gasteiger partial charge is 0.255 e. The van der Waals surface area contributed by atoms with Gasteiger partial charge in [-0.15, -0.1) is 0 Å². The Morgan fingerprint density at radius 3 is 2.50 bits per heavy atom. The molecule has 0 fully saturated rings. The monoisotopic (exact) mass is 355 g/mol. The summed E-state index contributed by atoms with van der Waals surface area (Å²) < 4.78 is 16.5. The van der Waals surface area contributed by atoms with Crippen molar-refractivity contribution in [2.75, 3.05) is 18.7 Å². The molecule has 0 saturated heterocycles. The van der Waals surface area contributed by atoms with Crippen LogP contribution in [-0.4, -0.2) is 19.3 Å². The Balaban J connectivity index is 1.71. The van der Waals surface area contributed by atoms with Crippen molar-refractivity contribution in [3.05, 3.63) is 47.5 Å². The van der Waals surface area contributed by atoms with Gasteiger partial charge in [0, 0.05) is 17.3 Å². The Morgan fingerprint density at radius 1 is 1.08 bits per heavy atom. The molecule has 1 amide bonds. The van der Waals surface area contributed by atoms with Gasteiger partial charge in [-0.1, -0.05) is 26.7 Å². The normalized spacial score (nSPS) is 12.1. The van der Waals surface area contributed by atoms with E-state index in [9.17, 15) is 4.79 Å². The zero-order valence-corrected chi connectivity index (χ0v) is 15.3. The van der Waals surface area contributed by atoms with Crippen molar-refractivity contribution >= 4 is 11.6 Å². The van der Waals surface area contributed by atoms with Gasteiger partial charge >= 0.3 is 0 Å². The van der Waals surface area contributed by atoms with Crippen LogP contribution in [0.3, 0.4) is 0 Å². The number of hydrogen-bond acceptors (Lipinski definition) is 4. The number of amides is 1. The average molecular weight is 355 g/mol. The van der Waals surface area contributed by atoms with Gasteiger partial charge in [0.15, 0.2) is 11.5 Å². The first-order chi connectivity index (χ1) is 12.7. The number of anilines is 1. The number of hydrogen-bond donors (Lipinski definition) is 1. The molecule has 1 aliphatic rings. The molecule has 2 aromatic rings. The average Bonchev–Trinajstić information content (AvgIpc) is 3.10. The first kappa shape index (κ1) is 18.1. The lowest BCUT2D eigenvalue weighted by Crippen LogP contribution is -2.13.